The van der Waals surface area contributed by atoms with Crippen molar-refractivity contribution in [2.75, 3.05) is 11.1 Å². The van der Waals surface area contributed by atoms with E-state index in [4.69, 9.17) is 14.6 Å². The van der Waals surface area contributed by atoms with Crippen LogP contribution in [0.3, 0.4) is 0 Å². The normalized spacial score (nSPS) is 19.5. The number of thioether (sulfide) groups is 1. The Morgan fingerprint density at radius 1 is 1.14 bits per heavy atom. The number of amides is 1. The van der Waals surface area contributed by atoms with Crippen molar-refractivity contribution in [2.24, 2.45) is 7.05 Å². The number of nitrogens with zero attached hydrogens (tertiary/aromatic N) is 2. The third-order valence-corrected chi connectivity index (χ3v) is 7.22. The second-order valence-corrected chi connectivity index (χ2v) is 9.89. The number of carboxylic acids is 1. The molecule has 37 heavy (non-hydrogen) atoms. The molecule has 3 N–H and O–H groups in total. The number of carbonyl (C=O) groups is 2. The molecule has 0 spiro atoms. The molecule has 1 saturated heterocycles. The van der Waals surface area contributed by atoms with E-state index < -0.39 is 12.3 Å². The second kappa shape index (κ2) is 12.9. The van der Waals surface area contributed by atoms with Gasteiger partial charge < -0.3 is 29.6 Å². The number of aromatic nitrogens is 2. The molecule has 1 aliphatic rings. The molecule has 196 valence electrons. The van der Waals surface area contributed by atoms with Crippen LogP contribution in [0.2, 0.25) is 0 Å². The van der Waals surface area contributed by atoms with Gasteiger partial charge in [0.05, 0.1) is 18.8 Å². The molecule has 3 atom stereocenters. The van der Waals surface area contributed by atoms with Crippen molar-refractivity contribution < 1.29 is 29.3 Å². The third kappa shape index (κ3) is 7.65. The van der Waals surface area contributed by atoms with Crippen LogP contribution < -0.4 is 5.32 Å². The fourth-order valence-corrected chi connectivity index (χ4v) is 5.02. The highest BCUT2D eigenvalue weighted by atomic mass is 32.2. The minimum Gasteiger partial charge on any atom is -0.481 e. The summed E-state index contributed by atoms with van der Waals surface area (Å²) in [5, 5.41) is 21.9. The van der Waals surface area contributed by atoms with Gasteiger partial charge in [0.1, 0.15) is 0 Å². The van der Waals surface area contributed by atoms with E-state index in [0.717, 1.165) is 21.8 Å². The van der Waals surface area contributed by atoms with Crippen LogP contribution in [-0.4, -0.2) is 43.5 Å². The van der Waals surface area contributed by atoms with Crippen LogP contribution in [0, 0.1) is 0 Å². The van der Waals surface area contributed by atoms with Crippen molar-refractivity contribution in [3.05, 3.63) is 77.6 Å². The van der Waals surface area contributed by atoms with Crippen molar-refractivity contribution in [1.29, 1.82) is 0 Å². The predicted molar refractivity (Wildman–Crippen MR) is 139 cm³/mol. The molecule has 0 aliphatic carbocycles. The van der Waals surface area contributed by atoms with Gasteiger partial charge in [-0.3, -0.25) is 9.59 Å². The first-order valence-electron chi connectivity index (χ1n) is 12.1. The lowest BCUT2D eigenvalue weighted by molar-refractivity contribution is -0.245. The van der Waals surface area contributed by atoms with E-state index in [-0.39, 0.29) is 44.0 Å². The number of hydrogen-bond donors (Lipinski definition) is 3. The smallest absolute Gasteiger partial charge is 0.303 e. The number of carboxylic acid groups (broad SMARTS) is 1. The molecule has 0 bridgehead atoms. The van der Waals surface area contributed by atoms with Crippen molar-refractivity contribution in [1.82, 2.24) is 9.55 Å². The van der Waals surface area contributed by atoms with Crippen LogP contribution in [0.1, 0.15) is 54.8 Å². The molecule has 4 rings (SSSR count). The summed E-state index contributed by atoms with van der Waals surface area (Å²) in [6.07, 6.45) is 3.72. The molecule has 1 aromatic heterocycles. The lowest BCUT2D eigenvalue weighted by Gasteiger charge is -2.36. The maximum absolute atomic E-state index is 12.3. The monoisotopic (exact) mass is 525 g/mol. The maximum Gasteiger partial charge on any atom is 0.303 e. The summed E-state index contributed by atoms with van der Waals surface area (Å²) in [7, 11) is 1.95. The number of aryl methyl sites for hydroxylation is 1. The van der Waals surface area contributed by atoms with Crippen LogP contribution in [-0.2, 0) is 32.7 Å². The molecule has 9 nitrogen and oxygen atoms in total. The summed E-state index contributed by atoms with van der Waals surface area (Å²) in [4.78, 5) is 27.3. The molecule has 1 aliphatic heterocycles. The molecule has 1 amide bonds. The van der Waals surface area contributed by atoms with Crippen molar-refractivity contribution >= 4 is 29.3 Å². The highest BCUT2D eigenvalue weighted by Gasteiger charge is 2.32. The number of aliphatic hydroxyl groups excluding tert-OH is 1. The first-order valence-corrected chi connectivity index (χ1v) is 13.1. The summed E-state index contributed by atoms with van der Waals surface area (Å²) < 4.78 is 14.7. The van der Waals surface area contributed by atoms with Crippen LogP contribution in [0.25, 0.3) is 0 Å². The molecule has 3 aromatic rings. The topological polar surface area (TPSA) is 123 Å². The number of nitrogens with one attached hydrogen (secondary N) is 1. The van der Waals surface area contributed by atoms with Crippen LogP contribution in [0.4, 0.5) is 5.69 Å². The Morgan fingerprint density at radius 2 is 1.95 bits per heavy atom. The van der Waals surface area contributed by atoms with Gasteiger partial charge in [-0.1, -0.05) is 48.2 Å². The molecule has 0 saturated carbocycles. The highest BCUT2D eigenvalue weighted by molar-refractivity contribution is 7.99. The summed E-state index contributed by atoms with van der Waals surface area (Å²) in [5.74, 6) is -0.469. The first kappa shape index (κ1) is 26.9. The number of aliphatic hydroxyl groups is 1. The van der Waals surface area contributed by atoms with Gasteiger partial charge in [0, 0.05) is 55.7 Å². The Hall–Kier alpha value is -3.18. The van der Waals surface area contributed by atoms with E-state index in [9.17, 15) is 14.7 Å². The fourth-order valence-electron chi connectivity index (χ4n) is 4.07. The number of hydrogen-bond acceptors (Lipinski definition) is 7. The Labute approximate surface area is 219 Å². The summed E-state index contributed by atoms with van der Waals surface area (Å²) in [6.45, 7) is -0.0186. The van der Waals surface area contributed by atoms with Crippen LogP contribution in [0.5, 0.6) is 0 Å². The van der Waals surface area contributed by atoms with Gasteiger partial charge >= 0.3 is 5.97 Å². The number of imidazole rings is 1. The van der Waals surface area contributed by atoms with Crippen LogP contribution >= 0.6 is 11.8 Å². The van der Waals surface area contributed by atoms with Gasteiger partial charge in [-0.2, -0.15) is 0 Å². The second-order valence-electron chi connectivity index (χ2n) is 8.90. The zero-order chi connectivity index (χ0) is 26.2. The van der Waals surface area contributed by atoms with E-state index in [1.165, 1.54) is 0 Å². The van der Waals surface area contributed by atoms with Gasteiger partial charge in [0.2, 0.25) is 5.91 Å². The van der Waals surface area contributed by atoms with E-state index >= 15 is 0 Å². The van der Waals surface area contributed by atoms with Gasteiger partial charge in [-0.15, -0.1) is 0 Å². The quantitative estimate of drug-likeness (QED) is 0.314. The van der Waals surface area contributed by atoms with Gasteiger partial charge in [0.15, 0.2) is 11.4 Å². The summed E-state index contributed by atoms with van der Waals surface area (Å²) in [6, 6.07) is 15.0. The lowest BCUT2D eigenvalue weighted by atomic mass is 10.0. The Bertz CT molecular complexity index is 1200. The van der Waals surface area contributed by atoms with E-state index in [1.54, 1.807) is 24.0 Å². The number of ether oxygens (including phenoxy) is 2. The molecule has 0 radical (unpaired) electrons. The van der Waals surface area contributed by atoms with Crippen LogP contribution in [0.15, 0.2) is 66.1 Å². The lowest BCUT2D eigenvalue weighted by Crippen LogP contribution is -2.31. The standard InChI is InChI=1S/C27H31N3O6S/c1-30-13-12-28-27(30)37-17-22-15-23(19-10-8-18(16-31)9-11-19)36-26(35-22)20-4-2-5-21(14-20)29-24(32)6-3-7-25(33)34/h2,4-5,8-14,22-23,26,31H,3,6-7,15-17H2,1H3,(H,29,32)(H,33,34). The average molecular weight is 526 g/mol. The average Bonchev–Trinajstić information content (AvgIpc) is 3.31. The highest BCUT2D eigenvalue weighted by Crippen LogP contribution is 2.39. The number of rotatable bonds is 11. The largest absolute Gasteiger partial charge is 0.481 e. The van der Waals surface area contributed by atoms with Crippen molar-refractivity contribution in [2.45, 2.75) is 55.9 Å². The molecule has 1 fully saturated rings. The van der Waals surface area contributed by atoms with E-state index in [1.807, 2.05) is 60.3 Å². The van der Waals surface area contributed by atoms with Gasteiger partial charge in [0.25, 0.3) is 0 Å². The minimum absolute atomic E-state index is 0.0186. The van der Waals surface area contributed by atoms with Crippen molar-refractivity contribution in [3.8, 4) is 0 Å². The minimum atomic E-state index is -0.919. The molecular weight excluding hydrogens is 494 g/mol. The molecule has 3 unspecified atom stereocenters. The number of aliphatic carboxylic acids is 1. The Balaban J connectivity index is 1.48. The Morgan fingerprint density at radius 3 is 2.65 bits per heavy atom. The first-order chi connectivity index (χ1) is 17.9. The zero-order valence-electron chi connectivity index (χ0n) is 20.6. The maximum atomic E-state index is 12.3. The predicted octanol–water partition coefficient (Wildman–Crippen LogP) is 4.44. The van der Waals surface area contributed by atoms with Gasteiger partial charge in [-0.05, 0) is 29.7 Å². The third-order valence-electron chi connectivity index (χ3n) is 6.03. The molecular formula is C27H31N3O6S. The summed E-state index contributed by atoms with van der Waals surface area (Å²) >= 11 is 1.62. The van der Waals surface area contributed by atoms with E-state index in [0.29, 0.717) is 17.9 Å². The fraction of sp³-hybridized carbons (Fsp3) is 0.370. The van der Waals surface area contributed by atoms with Gasteiger partial charge in [-0.25, -0.2) is 4.98 Å². The van der Waals surface area contributed by atoms with Crippen molar-refractivity contribution in [3.63, 3.8) is 0 Å². The zero-order valence-corrected chi connectivity index (χ0v) is 21.4. The SMILES string of the molecule is Cn1ccnc1SCC1CC(c2ccc(CO)cc2)OC(c2cccc(NC(=O)CCCC(=O)O)c2)O1. The summed E-state index contributed by atoms with van der Waals surface area (Å²) in [5.41, 5.74) is 3.20. The molecule has 2 heterocycles. The molecule has 10 heteroatoms. The number of anilines is 1. The van der Waals surface area contributed by atoms with E-state index in [2.05, 4.69) is 10.3 Å². The number of benzene rings is 2. The molecule has 2 aromatic carbocycles. The number of carbonyl (C=O) groups excluding carboxylic acids is 1. The Kier molecular flexibility index (Phi) is 9.34.